The first-order valence-electron chi connectivity index (χ1n) is 5.76. The predicted molar refractivity (Wildman–Crippen MR) is 57.3 cm³/mol. The number of carbonyl (C=O) groups is 2. The highest BCUT2D eigenvalue weighted by molar-refractivity contribution is 6.01. The number of hydrogen-bond donors (Lipinski definition) is 0. The van der Waals surface area contributed by atoms with Gasteiger partial charge < -0.3 is 4.74 Å². The maximum atomic E-state index is 11.9. The van der Waals surface area contributed by atoms with Crippen molar-refractivity contribution in [2.24, 2.45) is 17.8 Å². The Morgan fingerprint density at radius 2 is 1.93 bits per heavy atom. The van der Waals surface area contributed by atoms with Crippen LogP contribution in [-0.4, -0.2) is 18.4 Å². The summed E-state index contributed by atoms with van der Waals surface area (Å²) in [4.78, 5) is 23.5. The van der Waals surface area contributed by atoms with Gasteiger partial charge in [0.05, 0.1) is 6.61 Å². The summed E-state index contributed by atoms with van der Waals surface area (Å²) in [6.45, 7) is 6.16. The molecule has 0 spiro atoms. The Bertz CT molecular complexity index is 241. The van der Waals surface area contributed by atoms with Crippen molar-refractivity contribution in [1.29, 1.82) is 0 Å². The largest absolute Gasteiger partial charge is 0.465 e. The number of rotatable bonds is 6. The summed E-state index contributed by atoms with van der Waals surface area (Å²) in [5, 5.41) is 0. The van der Waals surface area contributed by atoms with Crippen LogP contribution in [0.2, 0.25) is 0 Å². The van der Waals surface area contributed by atoms with Gasteiger partial charge in [0.2, 0.25) is 0 Å². The van der Waals surface area contributed by atoms with E-state index in [-0.39, 0.29) is 17.7 Å². The molecule has 0 radical (unpaired) electrons. The molecule has 0 N–H and O–H groups in total. The van der Waals surface area contributed by atoms with Gasteiger partial charge in [-0.1, -0.05) is 13.8 Å². The van der Waals surface area contributed by atoms with Gasteiger partial charge in [0.1, 0.15) is 11.7 Å². The third-order valence-electron chi connectivity index (χ3n) is 2.60. The zero-order valence-corrected chi connectivity index (χ0v) is 9.79. The van der Waals surface area contributed by atoms with E-state index in [1.165, 1.54) is 0 Å². The van der Waals surface area contributed by atoms with Gasteiger partial charge in [-0.15, -0.1) is 0 Å². The summed E-state index contributed by atoms with van der Waals surface area (Å²) in [6, 6.07) is 0. The molecule has 3 heteroatoms. The van der Waals surface area contributed by atoms with Crippen molar-refractivity contribution in [1.82, 2.24) is 0 Å². The van der Waals surface area contributed by atoms with Gasteiger partial charge in [-0.3, -0.25) is 9.59 Å². The van der Waals surface area contributed by atoms with Gasteiger partial charge in [0, 0.05) is 5.92 Å². The molecule has 1 saturated carbocycles. The van der Waals surface area contributed by atoms with Gasteiger partial charge in [-0.2, -0.15) is 0 Å². The Labute approximate surface area is 91.2 Å². The highest BCUT2D eigenvalue weighted by Gasteiger charge is 2.39. The maximum Gasteiger partial charge on any atom is 0.316 e. The fourth-order valence-electron chi connectivity index (χ4n) is 1.70. The first-order chi connectivity index (χ1) is 7.06. The van der Waals surface area contributed by atoms with Crippen molar-refractivity contribution in [3.05, 3.63) is 0 Å². The molecule has 3 nitrogen and oxygen atoms in total. The molecule has 0 aromatic rings. The van der Waals surface area contributed by atoms with Crippen molar-refractivity contribution >= 4 is 11.8 Å². The molecule has 1 aliphatic carbocycles. The molecule has 1 aliphatic rings. The maximum absolute atomic E-state index is 11.9. The number of ether oxygens (including phenoxy) is 1. The lowest BCUT2D eigenvalue weighted by Crippen LogP contribution is -2.28. The molecular weight excluding hydrogens is 192 g/mol. The van der Waals surface area contributed by atoms with Crippen LogP contribution in [0.15, 0.2) is 0 Å². The van der Waals surface area contributed by atoms with Crippen molar-refractivity contribution in [3.63, 3.8) is 0 Å². The van der Waals surface area contributed by atoms with Crippen molar-refractivity contribution < 1.29 is 14.3 Å². The molecule has 86 valence electrons. The van der Waals surface area contributed by atoms with Crippen molar-refractivity contribution in [2.45, 2.75) is 40.0 Å². The average Bonchev–Trinajstić information content (AvgIpc) is 2.96. The molecule has 1 fully saturated rings. The number of Topliss-reactive ketones (excluding diaryl/α,β-unsaturated/α-hetero) is 1. The minimum absolute atomic E-state index is 0.0992. The lowest BCUT2D eigenvalue weighted by atomic mass is 9.91. The molecule has 1 rings (SSSR count). The van der Waals surface area contributed by atoms with Gasteiger partial charge >= 0.3 is 5.97 Å². The predicted octanol–water partition coefficient (Wildman–Crippen LogP) is 2.19. The van der Waals surface area contributed by atoms with E-state index in [9.17, 15) is 9.59 Å². The number of hydrogen-bond acceptors (Lipinski definition) is 3. The second kappa shape index (κ2) is 5.29. The Balaban J connectivity index is 2.58. The fourth-order valence-corrected chi connectivity index (χ4v) is 1.70. The molecule has 0 aromatic heterocycles. The highest BCUT2D eigenvalue weighted by Crippen LogP contribution is 2.34. The highest BCUT2D eigenvalue weighted by atomic mass is 16.5. The van der Waals surface area contributed by atoms with Crippen molar-refractivity contribution in [2.75, 3.05) is 6.61 Å². The molecule has 0 saturated heterocycles. The Morgan fingerprint density at radius 1 is 1.33 bits per heavy atom. The zero-order valence-electron chi connectivity index (χ0n) is 9.79. The molecule has 0 aromatic carbocycles. The molecule has 0 heterocycles. The van der Waals surface area contributed by atoms with E-state index in [2.05, 4.69) is 0 Å². The average molecular weight is 212 g/mol. The van der Waals surface area contributed by atoms with Crippen LogP contribution in [0.5, 0.6) is 0 Å². The third-order valence-corrected chi connectivity index (χ3v) is 2.60. The summed E-state index contributed by atoms with van der Waals surface area (Å²) < 4.78 is 4.94. The van der Waals surface area contributed by atoms with Crippen molar-refractivity contribution in [3.8, 4) is 0 Å². The molecule has 1 unspecified atom stereocenters. The fraction of sp³-hybridized carbons (Fsp3) is 0.833. The van der Waals surface area contributed by atoms with E-state index in [0.717, 1.165) is 12.8 Å². The van der Waals surface area contributed by atoms with E-state index in [4.69, 9.17) is 4.74 Å². The first-order valence-corrected chi connectivity index (χ1v) is 5.76. The zero-order chi connectivity index (χ0) is 11.4. The first kappa shape index (κ1) is 12.2. The van der Waals surface area contributed by atoms with E-state index < -0.39 is 5.92 Å². The standard InChI is InChI=1S/C12H20O3/c1-4-15-12(14)10(7-8(2)3)11(13)9-5-6-9/h8-10H,4-7H2,1-3H3. The summed E-state index contributed by atoms with van der Waals surface area (Å²) in [5.41, 5.74) is 0. The molecule has 0 bridgehead atoms. The second-order valence-corrected chi connectivity index (χ2v) is 4.61. The summed E-state index contributed by atoms with van der Waals surface area (Å²) in [5.74, 6) is -0.261. The smallest absolute Gasteiger partial charge is 0.316 e. The second-order valence-electron chi connectivity index (χ2n) is 4.61. The molecular formula is C12H20O3. The van der Waals surface area contributed by atoms with Gasteiger partial charge in [0.15, 0.2) is 0 Å². The number of esters is 1. The third kappa shape index (κ3) is 3.65. The van der Waals surface area contributed by atoms with Gasteiger partial charge in [0.25, 0.3) is 0 Å². The molecule has 15 heavy (non-hydrogen) atoms. The number of carbonyl (C=O) groups excluding carboxylic acids is 2. The topological polar surface area (TPSA) is 43.4 Å². The van der Waals surface area contributed by atoms with Crippen LogP contribution in [0.1, 0.15) is 40.0 Å². The number of ketones is 1. The van der Waals surface area contributed by atoms with Crippen LogP contribution in [0.25, 0.3) is 0 Å². The summed E-state index contributed by atoms with van der Waals surface area (Å²) >= 11 is 0. The van der Waals surface area contributed by atoms with Crippen LogP contribution in [0.3, 0.4) is 0 Å². The molecule has 1 atom stereocenters. The summed E-state index contributed by atoms with van der Waals surface area (Å²) in [7, 11) is 0. The van der Waals surface area contributed by atoms with Gasteiger partial charge in [-0.05, 0) is 32.1 Å². The van der Waals surface area contributed by atoms with E-state index in [1.807, 2.05) is 13.8 Å². The normalized spacial score (nSPS) is 17.6. The van der Waals surface area contributed by atoms with Crippen LogP contribution in [0, 0.1) is 17.8 Å². The SMILES string of the molecule is CCOC(=O)C(CC(C)C)C(=O)C1CC1. The van der Waals surface area contributed by atoms with Crippen LogP contribution in [0.4, 0.5) is 0 Å². The Hall–Kier alpha value is -0.860. The van der Waals surface area contributed by atoms with Crippen LogP contribution in [-0.2, 0) is 14.3 Å². The van der Waals surface area contributed by atoms with E-state index >= 15 is 0 Å². The molecule has 0 amide bonds. The van der Waals surface area contributed by atoms with E-state index in [0.29, 0.717) is 18.9 Å². The lowest BCUT2D eigenvalue weighted by Gasteiger charge is -2.16. The molecule has 0 aliphatic heterocycles. The van der Waals surface area contributed by atoms with Crippen LogP contribution >= 0.6 is 0 Å². The Kier molecular flexibility index (Phi) is 4.30. The minimum atomic E-state index is -0.516. The van der Waals surface area contributed by atoms with Crippen LogP contribution < -0.4 is 0 Å². The van der Waals surface area contributed by atoms with E-state index in [1.54, 1.807) is 6.92 Å². The monoisotopic (exact) mass is 212 g/mol. The lowest BCUT2D eigenvalue weighted by molar-refractivity contribution is -0.152. The Morgan fingerprint density at radius 3 is 2.33 bits per heavy atom. The quantitative estimate of drug-likeness (QED) is 0.500. The van der Waals surface area contributed by atoms with Gasteiger partial charge in [-0.25, -0.2) is 0 Å². The summed E-state index contributed by atoms with van der Waals surface area (Å²) in [6.07, 6.45) is 2.52. The minimum Gasteiger partial charge on any atom is -0.465 e.